The molecule has 2 aliphatic heterocycles. The Kier molecular flexibility index (Phi) is 3.28. The molecular formula is C15H16N2O3S. The van der Waals surface area contributed by atoms with Crippen molar-refractivity contribution in [2.45, 2.75) is 36.6 Å². The van der Waals surface area contributed by atoms with Gasteiger partial charge in [-0.25, -0.2) is 4.79 Å². The third-order valence-electron chi connectivity index (χ3n) is 3.80. The minimum atomic E-state index is -0.953. The smallest absolute Gasteiger partial charge is 0.327 e. The van der Waals surface area contributed by atoms with Gasteiger partial charge in [0.15, 0.2) is 0 Å². The van der Waals surface area contributed by atoms with Crippen LogP contribution in [-0.4, -0.2) is 43.8 Å². The average molecular weight is 304 g/mol. The van der Waals surface area contributed by atoms with E-state index in [-0.39, 0.29) is 11.3 Å². The van der Waals surface area contributed by atoms with E-state index < -0.39 is 16.8 Å². The summed E-state index contributed by atoms with van der Waals surface area (Å²) in [6, 6.07) is 8.92. The fourth-order valence-corrected chi connectivity index (χ4v) is 4.32. The molecule has 2 aliphatic rings. The molecule has 0 unspecified atom stereocenters. The fourth-order valence-electron chi connectivity index (χ4n) is 2.78. The number of thioether (sulfide) groups is 1. The molecule has 1 amide bonds. The van der Waals surface area contributed by atoms with Crippen LogP contribution in [0.15, 0.2) is 35.3 Å². The zero-order valence-corrected chi connectivity index (χ0v) is 12.6. The van der Waals surface area contributed by atoms with Crippen LogP contribution in [0.5, 0.6) is 0 Å². The monoisotopic (exact) mass is 304 g/mol. The molecule has 1 aromatic rings. The quantitative estimate of drug-likeness (QED) is 0.864. The standard InChI is InChI=1S/C15H16N2O3S/c1-15(2)11(14(19)20)17-12(18)10(13(17)21-15)16-8-9-6-4-3-5-7-9/h3-7,11,13H,8H2,1-2H3,(H,19,20)/b16-10-/t11-,13+/m0/s1. The minimum absolute atomic E-state index is 0.225. The van der Waals surface area contributed by atoms with Crippen LogP contribution in [0, 0.1) is 0 Å². The van der Waals surface area contributed by atoms with Gasteiger partial charge in [-0.05, 0) is 19.4 Å². The van der Waals surface area contributed by atoms with E-state index in [0.717, 1.165) is 5.56 Å². The van der Waals surface area contributed by atoms with Crippen molar-refractivity contribution in [3.05, 3.63) is 35.9 Å². The van der Waals surface area contributed by atoms with Gasteiger partial charge < -0.3 is 10.0 Å². The predicted molar refractivity (Wildman–Crippen MR) is 81.3 cm³/mol. The van der Waals surface area contributed by atoms with Crippen molar-refractivity contribution in [3.8, 4) is 0 Å². The summed E-state index contributed by atoms with van der Waals surface area (Å²) >= 11 is 1.49. The summed E-state index contributed by atoms with van der Waals surface area (Å²) in [5.74, 6) is -1.20. The van der Waals surface area contributed by atoms with E-state index in [9.17, 15) is 14.7 Å². The van der Waals surface area contributed by atoms with E-state index in [2.05, 4.69) is 4.99 Å². The maximum atomic E-state index is 12.2. The Balaban J connectivity index is 1.80. The maximum Gasteiger partial charge on any atom is 0.327 e. The summed E-state index contributed by atoms with van der Waals surface area (Å²) in [7, 11) is 0. The third kappa shape index (κ3) is 2.23. The molecule has 3 rings (SSSR count). The van der Waals surface area contributed by atoms with E-state index in [1.807, 2.05) is 44.2 Å². The molecule has 1 N–H and O–H groups in total. The van der Waals surface area contributed by atoms with Gasteiger partial charge in [0.05, 0.1) is 6.54 Å². The number of benzene rings is 1. The second kappa shape index (κ2) is 4.87. The zero-order chi connectivity index (χ0) is 15.2. The number of carboxylic acid groups (broad SMARTS) is 1. The lowest BCUT2D eigenvalue weighted by atomic mass is 9.97. The number of amides is 1. The van der Waals surface area contributed by atoms with Crippen LogP contribution in [-0.2, 0) is 16.1 Å². The van der Waals surface area contributed by atoms with Crippen molar-refractivity contribution in [3.63, 3.8) is 0 Å². The Morgan fingerprint density at radius 2 is 2.05 bits per heavy atom. The first-order valence-electron chi connectivity index (χ1n) is 6.73. The molecule has 0 spiro atoms. The minimum Gasteiger partial charge on any atom is -0.480 e. The molecule has 2 heterocycles. The van der Waals surface area contributed by atoms with E-state index in [4.69, 9.17) is 0 Å². The summed E-state index contributed by atoms with van der Waals surface area (Å²) in [5.41, 5.74) is 1.52. The molecule has 21 heavy (non-hydrogen) atoms. The molecule has 0 radical (unpaired) electrons. The molecule has 0 saturated carbocycles. The highest BCUT2D eigenvalue weighted by Gasteiger charge is 2.62. The van der Waals surface area contributed by atoms with Gasteiger partial charge in [-0.2, -0.15) is 0 Å². The summed E-state index contributed by atoms with van der Waals surface area (Å²) in [5, 5.41) is 9.11. The number of aliphatic imine (C=N–C) groups is 1. The summed E-state index contributed by atoms with van der Waals surface area (Å²) in [6.07, 6.45) is 0. The van der Waals surface area contributed by atoms with Crippen LogP contribution in [0.25, 0.3) is 0 Å². The van der Waals surface area contributed by atoms with Gasteiger partial charge in [-0.3, -0.25) is 9.79 Å². The third-order valence-corrected chi connectivity index (χ3v) is 5.31. The Hall–Kier alpha value is -1.82. The Morgan fingerprint density at radius 3 is 2.67 bits per heavy atom. The van der Waals surface area contributed by atoms with Gasteiger partial charge in [0.1, 0.15) is 17.1 Å². The summed E-state index contributed by atoms with van der Waals surface area (Å²) < 4.78 is -0.504. The number of rotatable bonds is 3. The lowest BCUT2D eigenvalue weighted by Gasteiger charge is -2.37. The van der Waals surface area contributed by atoms with E-state index in [0.29, 0.717) is 12.3 Å². The lowest BCUT2D eigenvalue weighted by molar-refractivity contribution is -0.150. The Morgan fingerprint density at radius 1 is 1.38 bits per heavy atom. The number of carbonyl (C=O) groups excluding carboxylic acids is 1. The SMILES string of the molecule is CC1(C)S[C@@H]2/C(=N\Cc3ccccc3)C(=O)N2[C@H]1C(=O)O. The summed E-state index contributed by atoms with van der Waals surface area (Å²) in [4.78, 5) is 29.4. The van der Waals surface area contributed by atoms with Crippen molar-refractivity contribution < 1.29 is 14.7 Å². The molecule has 2 fully saturated rings. The van der Waals surface area contributed by atoms with Gasteiger partial charge in [-0.1, -0.05) is 30.3 Å². The molecule has 0 aromatic heterocycles. The van der Waals surface area contributed by atoms with Crippen LogP contribution >= 0.6 is 11.8 Å². The van der Waals surface area contributed by atoms with Gasteiger partial charge in [0.2, 0.25) is 0 Å². The van der Waals surface area contributed by atoms with Crippen molar-refractivity contribution in [1.82, 2.24) is 4.90 Å². The number of carbonyl (C=O) groups is 2. The molecular weight excluding hydrogens is 288 g/mol. The lowest BCUT2D eigenvalue weighted by Crippen LogP contribution is -2.63. The van der Waals surface area contributed by atoms with E-state index >= 15 is 0 Å². The predicted octanol–water partition coefficient (Wildman–Crippen LogP) is 1.77. The second-order valence-corrected chi connectivity index (χ2v) is 7.45. The number of aliphatic carboxylic acids is 1. The van der Waals surface area contributed by atoms with Crippen LogP contribution in [0.4, 0.5) is 0 Å². The first-order valence-corrected chi connectivity index (χ1v) is 7.61. The first kappa shape index (κ1) is 14.1. The van der Waals surface area contributed by atoms with Gasteiger partial charge >= 0.3 is 5.97 Å². The van der Waals surface area contributed by atoms with Crippen LogP contribution in [0.3, 0.4) is 0 Å². The van der Waals surface area contributed by atoms with Crippen molar-refractivity contribution in [2.24, 2.45) is 4.99 Å². The molecule has 2 saturated heterocycles. The average Bonchev–Trinajstić information content (AvgIpc) is 2.69. The van der Waals surface area contributed by atoms with E-state index in [1.54, 1.807) is 0 Å². The number of hydrogen-bond donors (Lipinski definition) is 1. The van der Waals surface area contributed by atoms with Crippen LogP contribution < -0.4 is 0 Å². The first-order chi connectivity index (χ1) is 9.92. The highest BCUT2D eigenvalue weighted by atomic mass is 32.2. The molecule has 110 valence electrons. The zero-order valence-electron chi connectivity index (χ0n) is 11.8. The van der Waals surface area contributed by atoms with Crippen LogP contribution in [0.1, 0.15) is 19.4 Å². The molecule has 6 heteroatoms. The largest absolute Gasteiger partial charge is 0.480 e. The number of nitrogens with zero attached hydrogens (tertiary/aromatic N) is 2. The van der Waals surface area contributed by atoms with Gasteiger partial charge in [0.25, 0.3) is 5.91 Å². The fraction of sp³-hybridized carbons (Fsp3) is 0.400. The second-order valence-electron chi connectivity index (χ2n) is 5.71. The van der Waals surface area contributed by atoms with Gasteiger partial charge in [0, 0.05) is 4.75 Å². The maximum absolute atomic E-state index is 12.2. The Bertz CT molecular complexity index is 627. The van der Waals surface area contributed by atoms with Crippen LogP contribution in [0.2, 0.25) is 0 Å². The highest BCUT2D eigenvalue weighted by Crippen LogP contribution is 2.49. The van der Waals surface area contributed by atoms with Crippen molar-refractivity contribution in [1.29, 1.82) is 0 Å². The molecule has 5 nitrogen and oxygen atoms in total. The normalized spacial score (nSPS) is 28.4. The topological polar surface area (TPSA) is 70.0 Å². The van der Waals surface area contributed by atoms with Crippen molar-refractivity contribution in [2.75, 3.05) is 0 Å². The molecule has 0 bridgehead atoms. The highest BCUT2D eigenvalue weighted by molar-refractivity contribution is 8.02. The number of fused-ring (bicyclic) bond motifs is 1. The molecule has 1 aromatic carbocycles. The van der Waals surface area contributed by atoms with Gasteiger partial charge in [-0.15, -0.1) is 11.8 Å². The van der Waals surface area contributed by atoms with Crippen molar-refractivity contribution >= 4 is 29.4 Å². The summed E-state index contributed by atoms with van der Waals surface area (Å²) in [6.45, 7) is 4.17. The Labute approximate surface area is 127 Å². The number of carboxylic acids is 1. The number of β-lactam (4-membered cyclic amide) rings is 1. The number of hydrogen-bond acceptors (Lipinski definition) is 4. The molecule has 0 aliphatic carbocycles. The molecule has 2 atom stereocenters. The van der Waals surface area contributed by atoms with E-state index in [1.165, 1.54) is 16.7 Å².